The van der Waals surface area contributed by atoms with Crippen LogP contribution in [0.3, 0.4) is 0 Å². The molecule has 0 aliphatic heterocycles. The number of amides is 1. The van der Waals surface area contributed by atoms with E-state index in [1.54, 1.807) is 23.1 Å². The molecule has 4 rings (SSSR count). The SMILES string of the molecule is Cc1ccc(NC(=O)CCCSc2nnc(-c3cccs3)n2-c2ccccc2)cc1C. The molecule has 5 nitrogen and oxygen atoms in total. The minimum Gasteiger partial charge on any atom is -0.326 e. The molecule has 0 aliphatic rings. The predicted octanol–water partition coefficient (Wildman–Crippen LogP) is 6.12. The average molecular weight is 449 g/mol. The third-order valence-electron chi connectivity index (χ3n) is 4.96. The van der Waals surface area contributed by atoms with Gasteiger partial charge in [-0.3, -0.25) is 9.36 Å². The fourth-order valence-corrected chi connectivity index (χ4v) is 4.77. The normalized spacial score (nSPS) is 10.9. The number of benzene rings is 2. The quantitative estimate of drug-likeness (QED) is 0.260. The summed E-state index contributed by atoms with van der Waals surface area (Å²) in [4.78, 5) is 13.4. The van der Waals surface area contributed by atoms with Gasteiger partial charge in [-0.05, 0) is 67.1 Å². The van der Waals surface area contributed by atoms with E-state index in [0.717, 1.165) is 39.4 Å². The zero-order valence-corrected chi connectivity index (χ0v) is 19.2. The van der Waals surface area contributed by atoms with E-state index in [4.69, 9.17) is 0 Å². The Hall–Kier alpha value is -2.90. The molecule has 7 heteroatoms. The predicted molar refractivity (Wildman–Crippen MR) is 129 cm³/mol. The number of carbonyl (C=O) groups excluding carboxylic acids is 1. The van der Waals surface area contributed by atoms with Crippen molar-refractivity contribution in [2.75, 3.05) is 11.1 Å². The first-order valence-electron chi connectivity index (χ1n) is 10.2. The Labute approximate surface area is 190 Å². The Morgan fingerprint density at radius 1 is 1.03 bits per heavy atom. The number of hydrogen-bond acceptors (Lipinski definition) is 5. The van der Waals surface area contributed by atoms with Crippen LogP contribution in [-0.2, 0) is 4.79 Å². The molecule has 0 fully saturated rings. The first-order valence-corrected chi connectivity index (χ1v) is 12.0. The number of para-hydroxylation sites is 1. The van der Waals surface area contributed by atoms with Crippen LogP contribution in [0.4, 0.5) is 5.69 Å². The molecule has 0 radical (unpaired) electrons. The summed E-state index contributed by atoms with van der Waals surface area (Å²) >= 11 is 3.27. The number of nitrogens with one attached hydrogen (secondary N) is 1. The van der Waals surface area contributed by atoms with Gasteiger partial charge in [0, 0.05) is 23.5 Å². The van der Waals surface area contributed by atoms with Crippen molar-refractivity contribution in [1.82, 2.24) is 14.8 Å². The van der Waals surface area contributed by atoms with E-state index in [9.17, 15) is 4.79 Å². The van der Waals surface area contributed by atoms with E-state index >= 15 is 0 Å². The van der Waals surface area contributed by atoms with Gasteiger partial charge in [0.1, 0.15) is 0 Å². The lowest BCUT2D eigenvalue weighted by molar-refractivity contribution is -0.116. The summed E-state index contributed by atoms with van der Waals surface area (Å²) in [6, 6.07) is 20.2. The second kappa shape index (κ2) is 9.94. The summed E-state index contributed by atoms with van der Waals surface area (Å²) in [7, 11) is 0. The molecular formula is C24H24N4OS2. The van der Waals surface area contributed by atoms with Crippen LogP contribution in [0.1, 0.15) is 24.0 Å². The van der Waals surface area contributed by atoms with Gasteiger partial charge in [-0.1, -0.05) is 42.1 Å². The molecule has 2 aromatic carbocycles. The van der Waals surface area contributed by atoms with E-state index in [0.29, 0.717) is 6.42 Å². The van der Waals surface area contributed by atoms with Crippen molar-refractivity contribution in [2.24, 2.45) is 0 Å². The van der Waals surface area contributed by atoms with Crippen LogP contribution >= 0.6 is 23.1 Å². The zero-order valence-electron chi connectivity index (χ0n) is 17.5. The van der Waals surface area contributed by atoms with Gasteiger partial charge < -0.3 is 5.32 Å². The minimum absolute atomic E-state index is 0.0349. The van der Waals surface area contributed by atoms with Crippen molar-refractivity contribution in [3.63, 3.8) is 0 Å². The standard InChI is InChI=1S/C24H24N4OS2/c1-17-12-13-19(16-18(17)2)25-22(29)11-7-15-31-24-27-26-23(21-10-6-14-30-21)28(24)20-8-4-3-5-9-20/h3-6,8-10,12-14,16H,7,11,15H2,1-2H3,(H,25,29). The summed E-state index contributed by atoms with van der Waals surface area (Å²) in [6.45, 7) is 4.12. The lowest BCUT2D eigenvalue weighted by atomic mass is 10.1. The molecule has 31 heavy (non-hydrogen) atoms. The van der Waals surface area contributed by atoms with Gasteiger partial charge in [0.2, 0.25) is 5.91 Å². The number of nitrogens with zero attached hydrogens (tertiary/aromatic N) is 3. The molecule has 0 bridgehead atoms. The van der Waals surface area contributed by atoms with Gasteiger partial charge in [0.15, 0.2) is 11.0 Å². The number of hydrogen-bond donors (Lipinski definition) is 1. The smallest absolute Gasteiger partial charge is 0.224 e. The summed E-state index contributed by atoms with van der Waals surface area (Å²) in [5, 5.41) is 14.7. The largest absolute Gasteiger partial charge is 0.326 e. The summed E-state index contributed by atoms with van der Waals surface area (Å²) < 4.78 is 2.09. The van der Waals surface area contributed by atoms with Crippen LogP contribution in [0.25, 0.3) is 16.4 Å². The Morgan fingerprint density at radius 3 is 2.61 bits per heavy atom. The lowest BCUT2D eigenvalue weighted by Gasteiger charge is -2.10. The molecule has 2 heterocycles. The highest BCUT2D eigenvalue weighted by Gasteiger charge is 2.16. The number of thioether (sulfide) groups is 1. The Morgan fingerprint density at radius 2 is 1.87 bits per heavy atom. The number of aryl methyl sites for hydroxylation is 2. The zero-order chi connectivity index (χ0) is 21.6. The monoisotopic (exact) mass is 448 g/mol. The van der Waals surface area contributed by atoms with Gasteiger partial charge in [-0.15, -0.1) is 21.5 Å². The topological polar surface area (TPSA) is 59.8 Å². The van der Waals surface area contributed by atoms with E-state index in [-0.39, 0.29) is 5.91 Å². The van der Waals surface area contributed by atoms with Crippen LogP contribution in [-0.4, -0.2) is 26.4 Å². The third-order valence-corrected chi connectivity index (χ3v) is 6.84. The van der Waals surface area contributed by atoms with Gasteiger partial charge >= 0.3 is 0 Å². The molecule has 1 N–H and O–H groups in total. The van der Waals surface area contributed by atoms with Crippen molar-refractivity contribution in [1.29, 1.82) is 0 Å². The molecule has 2 aromatic heterocycles. The fraction of sp³-hybridized carbons (Fsp3) is 0.208. The average Bonchev–Trinajstić information content (AvgIpc) is 3.44. The third kappa shape index (κ3) is 5.24. The Bertz CT molecular complexity index is 1150. The maximum Gasteiger partial charge on any atom is 0.224 e. The van der Waals surface area contributed by atoms with Crippen molar-refractivity contribution in [2.45, 2.75) is 31.8 Å². The second-order valence-corrected chi connectivity index (χ2v) is 9.26. The first kappa shape index (κ1) is 21.3. The maximum atomic E-state index is 12.3. The molecule has 0 atom stereocenters. The molecule has 0 spiro atoms. The summed E-state index contributed by atoms with van der Waals surface area (Å²) in [6.07, 6.45) is 1.23. The van der Waals surface area contributed by atoms with Crippen LogP contribution in [0, 0.1) is 13.8 Å². The van der Waals surface area contributed by atoms with Crippen LogP contribution in [0.2, 0.25) is 0 Å². The van der Waals surface area contributed by atoms with Crippen LogP contribution < -0.4 is 5.32 Å². The molecule has 4 aromatic rings. The highest BCUT2D eigenvalue weighted by molar-refractivity contribution is 7.99. The van der Waals surface area contributed by atoms with Crippen LogP contribution in [0.15, 0.2) is 71.2 Å². The minimum atomic E-state index is 0.0349. The first-order chi connectivity index (χ1) is 15.1. The van der Waals surface area contributed by atoms with Crippen molar-refractivity contribution < 1.29 is 4.79 Å². The number of anilines is 1. The molecule has 0 aliphatic carbocycles. The molecular weight excluding hydrogens is 424 g/mol. The Kier molecular flexibility index (Phi) is 6.84. The van der Waals surface area contributed by atoms with E-state index in [1.165, 1.54) is 11.1 Å². The summed E-state index contributed by atoms with van der Waals surface area (Å²) in [5.74, 6) is 1.67. The Balaban J connectivity index is 1.38. The molecule has 0 unspecified atom stereocenters. The van der Waals surface area contributed by atoms with Crippen LogP contribution in [0.5, 0.6) is 0 Å². The molecule has 0 saturated carbocycles. The molecule has 1 amide bonds. The number of rotatable bonds is 8. The van der Waals surface area contributed by atoms with E-state index in [2.05, 4.69) is 52.1 Å². The second-order valence-electron chi connectivity index (χ2n) is 7.25. The number of thiophene rings is 1. The van der Waals surface area contributed by atoms with Gasteiger partial charge in [-0.25, -0.2) is 0 Å². The lowest BCUT2D eigenvalue weighted by Crippen LogP contribution is -2.11. The van der Waals surface area contributed by atoms with Gasteiger partial charge in [0.25, 0.3) is 0 Å². The highest BCUT2D eigenvalue weighted by atomic mass is 32.2. The van der Waals surface area contributed by atoms with Crippen molar-refractivity contribution >= 4 is 34.7 Å². The van der Waals surface area contributed by atoms with Crippen molar-refractivity contribution in [3.8, 4) is 16.4 Å². The number of carbonyl (C=O) groups is 1. The molecule has 0 saturated heterocycles. The van der Waals surface area contributed by atoms with E-state index in [1.807, 2.05) is 47.8 Å². The van der Waals surface area contributed by atoms with Crippen molar-refractivity contribution in [3.05, 3.63) is 77.2 Å². The fourth-order valence-electron chi connectivity index (χ4n) is 3.18. The van der Waals surface area contributed by atoms with Gasteiger partial charge in [0.05, 0.1) is 4.88 Å². The van der Waals surface area contributed by atoms with Gasteiger partial charge in [-0.2, -0.15) is 0 Å². The van der Waals surface area contributed by atoms with E-state index < -0.39 is 0 Å². The number of aromatic nitrogens is 3. The molecule has 158 valence electrons. The highest BCUT2D eigenvalue weighted by Crippen LogP contribution is 2.30. The summed E-state index contributed by atoms with van der Waals surface area (Å²) in [5.41, 5.74) is 4.28. The maximum absolute atomic E-state index is 12.3.